The van der Waals surface area contributed by atoms with Gasteiger partial charge in [0.1, 0.15) is 0 Å². The molecule has 3 heteroatoms. The molecule has 0 amide bonds. The number of aryl methyl sites for hydroxylation is 1. The van der Waals surface area contributed by atoms with E-state index in [1.807, 2.05) is 0 Å². The molecule has 2 N–H and O–H groups in total. The number of hydrogen-bond donors (Lipinski definition) is 1. The number of hydrogen-bond acceptors (Lipinski definition) is 2. The summed E-state index contributed by atoms with van der Waals surface area (Å²) in [6.45, 7) is 6.82. The first-order chi connectivity index (χ1) is 9.91. The van der Waals surface area contributed by atoms with Crippen molar-refractivity contribution in [1.29, 1.82) is 0 Å². The van der Waals surface area contributed by atoms with Crippen LogP contribution in [-0.4, -0.2) is 10.8 Å². The second-order valence-electron chi connectivity index (χ2n) is 6.87. The average Bonchev–Trinajstić information content (AvgIpc) is 2.74. The number of nitrogens with two attached hydrogens (primary N) is 1. The lowest BCUT2D eigenvalue weighted by Gasteiger charge is -2.34. The van der Waals surface area contributed by atoms with E-state index < -0.39 is 0 Å². The Hall–Kier alpha value is -1.19. The van der Waals surface area contributed by atoms with Gasteiger partial charge in [0.25, 0.3) is 0 Å². The van der Waals surface area contributed by atoms with Crippen molar-refractivity contribution in [3.05, 3.63) is 47.3 Å². The molecule has 3 rings (SSSR count). The van der Waals surface area contributed by atoms with Crippen molar-refractivity contribution in [3.8, 4) is 5.69 Å². The van der Waals surface area contributed by atoms with E-state index in [1.165, 1.54) is 27.5 Å². The molecule has 0 saturated heterocycles. The number of aromatic nitrogens is 1. The van der Waals surface area contributed by atoms with Gasteiger partial charge in [0, 0.05) is 28.0 Å². The quantitative estimate of drug-likeness (QED) is 0.829. The van der Waals surface area contributed by atoms with Gasteiger partial charge in [-0.15, -0.1) is 11.8 Å². The maximum atomic E-state index is 6.41. The Balaban J connectivity index is 2.11. The van der Waals surface area contributed by atoms with Gasteiger partial charge < -0.3 is 10.3 Å². The molecule has 0 aliphatic heterocycles. The Kier molecular flexibility index (Phi) is 3.66. The lowest BCUT2D eigenvalue weighted by atomic mass is 9.74. The molecule has 1 unspecified atom stereocenters. The first kappa shape index (κ1) is 14.7. The molecule has 21 heavy (non-hydrogen) atoms. The minimum Gasteiger partial charge on any atom is -0.324 e. The molecule has 1 heterocycles. The lowest BCUT2D eigenvalue weighted by molar-refractivity contribution is 0.278. The Morgan fingerprint density at radius 2 is 1.90 bits per heavy atom. The van der Waals surface area contributed by atoms with E-state index >= 15 is 0 Å². The fourth-order valence-corrected chi connectivity index (χ4v) is 3.95. The van der Waals surface area contributed by atoms with E-state index in [4.69, 9.17) is 5.73 Å². The van der Waals surface area contributed by atoms with E-state index in [0.717, 1.165) is 12.8 Å². The number of rotatable bonds is 2. The summed E-state index contributed by atoms with van der Waals surface area (Å²) in [5, 5.41) is 0. The molecule has 1 atom stereocenters. The van der Waals surface area contributed by atoms with Crippen LogP contribution < -0.4 is 5.73 Å². The zero-order chi connectivity index (χ0) is 15.2. The van der Waals surface area contributed by atoms with Crippen molar-refractivity contribution in [2.75, 3.05) is 6.26 Å². The predicted molar refractivity (Wildman–Crippen MR) is 91.3 cm³/mol. The smallest absolute Gasteiger partial charge is 0.0455 e. The summed E-state index contributed by atoms with van der Waals surface area (Å²) in [5.74, 6) is 0. The Morgan fingerprint density at radius 3 is 2.52 bits per heavy atom. The third-order valence-corrected chi connectivity index (χ3v) is 5.21. The fraction of sp³-hybridized carbons (Fsp3) is 0.444. The summed E-state index contributed by atoms with van der Waals surface area (Å²) in [4.78, 5) is 1.30. The Morgan fingerprint density at radius 1 is 1.24 bits per heavy atom. The summed E-state index contributed by atoms with van der Waals surface area (Å²) in [7, 11) is 0. The SMILES string of the molecule is CSc1ccc(-n2c(C)cc3c2CC(C)(C)CC3N)cc1. The van der Waals surface area contributed by atoms with Crippen molar-refractivity contribution in [3.63, 3.8) is 0 Å². The van der Waals surface area contributed by atoms with Crippen LogP contribution in [0.4, 0.5) is 0 Å². The van der Waals surface area contributed by atoms with Gasteiger partial charge >= 0.3 is 0 Å². The van der Waals surface area contributed by atoms with Crippen LogP contribution in [0.1, 0.15) is 43.3 Å². The number of nitrogens with zero attached hydrogens (tertiary/aromatic N) is 1. The van der Waals surface area contributed by atoms with Crippen molar-refractivity contribution in [2.45, 2.75) is 44.6 Å². The van der Waals surface area contributed by atoms with Gasteiger partial charge in [0.05, 0.1) is 0 Å². The maximum absolute atomic E-state index is 6.41. The first-order valence-corrected chi connectivity index (χ1v) is 8.75. The van der Waals surface area contributed by atoms with Gasteiger partial charge in [-0.2, -0.15) is 0 Å². The van der Waals surface area contributed by atoms with Crippen LogP contribution in [0.3, 0.4) is 0 Å². The van der Waals surface area contributed by atoms with Crippen molar-refractivity contribution in [1.82, 2.24) is 4.57 Å². The largest absolute Gasteiger partial charge is 0.324 e. The summed E-state index contributed by atoms with van der Waals surface area (Å²) in [6, 6.07) is 11.3. The van der Waals surface area contributed by atoms with Gasteiger partial charge in [-0.05, 0) is 67.3 Å². The van der Waals surface area contributed by atoms with Crippen LogP contribution in [-0.2, 0) is 6.42 Å². The normalized spacial score (nSPS) is 20.3. The maximum Gasteiger partial charge on any atom is 0.0455 e. The Labute approximate surface area is 131 Å². The molecule has 1 aliphatic rings. The molecule has 1 aliphatic carbocycles. The highest BCUT2D eigenvalue weighted by Gasteiger charge is 2.33. The van der Waals surface area contributed by atoms with Crippen molar-refractivity contribution < 1.29 is 0 Å². The Bertz CT molecular complexity index is 653. The fourth-order valence-electron chi connectivity index (χ4n) is 3.54. The van der Waals surface area contributed by atoms with Gasteiger partial charge in [-0.3, -0.25) is 0 Å². The average molecular weight is 300 g/mol. The van der Waals surface area contributed by atoms with E-state index in [-0.39, 0.29) is 11.5 Å². The minimum atomic E-state index is 0.161. The summed E-state index contributed by atoms with van der Waals surface area (Å²) in [5.41, 5.74) is 11.9. The first-order valence-electron chi connectivity index (χ1n) is 7.52. The van der Waals surface area contributed by atoms with Gasteiger partial charge in [-0.1, -0.05) is 13.8 Å². The highest BCUT2D eigenvalue weighted by Crippen LogP contribution is 2.41. The standard InChI is InChI=1S/C18H24N2S/c1-12-9-15-16(19)10-18(2,3)11-17(15)20(12)13-5-7-14(21-4)8-6-13/h5-9,16H,10-11,19H2,1-4H3. The molecule has 0 spiro atoms. The van der Waals surface area contributed by atoms with E-state index in [2.05, 4.69) is 61.9 Å². The van der Waals surface area contributed by atoms with Crippen LogP contribution in [0.25, 0.3) is 5.69 Å². The zero-order valence-electron chi connectivity index (χ0n) is 13.3. The summed E-state index contributed by atoms with van der Waals surface area (Å²) in [6.07, 6.45) is 4.27. The highest BCUT2D eigenvalue weighted by molar-refractivity contribution is 7.98. The highest BCUT2D eigenvalue weighted by atomic mass is 32.2. The molecule has 0 fully saturated rings. The predicted octanol–water partition coefficient (Wildman–Crippen LogP) is 4.48. The second-order valence-corrected chi connectivity index (χ2v) is 7.75. The van der Waals surface area contributed by atoms with E-state index in [1.54, 1.807) is 11.8 Å². The number of thioether (sulfide) groups is 1. The molecule has 2 nitrogen and oxygen atoms in total. The van der Waals surface area contributed by atoms with E-state index in [0.29, 0.717) is 0 Å². The van der Waals surface area contributed by atoms with E-state index in [9.17, 15) is 0 Å². The third-order valence-electron chi connectivity index (χ3n) is 4.47. The van der Waals surface area contributed by atoms with Gasteiger partial charge in [-0.25, -0.2) is 0 Å². The van der Waals surface area contributed by atoms with Crippen LogP contribution in [0.5, 0.6) is 0 Å². The molecule has 112 valence electrons. The van der Waals surface area contributed by atoms with Gasteiger partial charge in [0.15, 0.2) is 0 Å². The second kappa shape index (κ2) is 5.22. The van der Waals surface area contributed by atoms with Crippen LogP contribution >= 0.6 is 11.8 Å². The monoisotopic (exact) mass is 300 g/mol. The lowest BCUT2D eigenvalue weighted by Crippen LogP contribution is -2.30. The number of benzene rings is 1. The topological polar surface area (TPSA) is 30.9 Å². The van der Waals surface area contributed by atoms with Gasteiger partial charge in [0.2, 0.25) is 0 Å². The molecular formula is C18H24N2S. The third kappa shape index (κ3) is 2.65. The van der Waals surface area contributed by atoms with Crippen LogP contribution in [0.2, 0.25) is 0 Å². The molecule has 1 aromatic heterocycles. The zero-order valence-corrected chi connectivity index (χ0v) is 14.1. The van der Waals surface area contributed by atoms with Crippen molar-refractivity contribution in [2.24, 2.45) is 11.1 Å². The molecule has 0 saturated carbocycles. The molecular weight excluding hydrogens is 276 g/mol. The molecule has 1 aromatic carbocycles. The number of fused-ring (bicyclic) bond motifs is 1. The van der Waals surface area contributed by atoms with Crippen molar-refractivity contribution >= 4 is 11.8 Å². The summed E-state index contributed by atoms with van der Waals surface area (Å²) < 4.78 is 2.39. The van der Waals surface area contributed by atoms with Crippen LogP contribution in [0, 0.1) is 12.3 Å². The minimum absolute atomic E-state index is 0.161. The van der Waals surface area contributed by atoms with Crippen LogP contribution in [0.15, 0.2) is 35.2 Å². The molecule has 0 bridgehead atoms. The molecule has 0 radical (unpaired) electrons. The summed E-state index contributed by atoms with van der Waals surface area (Å²) >= 11 is 1.78. The molecule has 2 aromatic rings.